The first-order valence-corrected chi connectivity index (χ1v) is 10.5. The molecular formula is C21H29N3O2S. The molecule has 3 rings (SSSR count). The number of aromatic nitrogens is 1. The minimum Gasteiger partial charge on any atom is -0.379 e. The van der Waals surface area contributed by atoms with Crippen molar-refractivity contribution in [3.8, 4) is 0 Å². The average molecular weight is 388 g/mol. The van der Waals surface area contributed by atoms with E-state index in [2.05, 4.69) is 52.6 Å². The van der Waals surface area contributed by atoms with Gasteiger partial charge in [0.2, 0.25) is 5.91 Å². The third-order valence-corrected chi connectivity index (χ3v) is 5.86. The van der Waals surface area contributed by atoms with E-state index in [4.69, 9.17) is 4.74 Å². The molecule has 1 N–H and O–H groups in total. The van der Waals surface area contributed by atoms with Crippen LogP contribution in [-0.4, -0.2) is 42.1 Å². The highest BCUT2D eigenvalue weighted by atomic mass is 32.1. The van der Waals surface area contributed by atoms with Gasteiger partial charge in [0.15, 0.2) is 0 Å². The molecule has 0 unspecified atom stereocenters. The highest BCUT2D eigenvalue weighted by molar-refractivity contribution is 7.09. The molecule has 1 aliphatic heterocycles. The van der Waals surface area contributed by atoms with Gasteiger partial charge in [-0.1, -0.05) is 18.2 Å². The van der Waals surface area contributed by atoms with E-state index < -0.39 is 0 Å². The molecule has 146 valence electrons. The first kappa shape index (κ1) is 20.0. The molecule has 0 bridgehead atoms. The van der Waals surface area contributed by atoms with Crippen LogP contribution in [0.25, 0.3) is 0 Å². The van der Waals surface area contributed by atoms with Gasteiger partial charge in [-0.3, -0.25) is 9.69 Å². The number of thiazole rings is 1. The summed E-state index contributed by atoms with van der Waals surface area (Å²) in [4.78, 5) is 19.1. The molecule has 0 radical (unpaired) electrons. The van der Waals surface area contributed by atoms with Gasteiger partial charge in [-0.05, 0) is 43.4 Å². The van der Waals surface area contributed by atoms with Gasteiger partial charge in [0.25, 0.3) is 0 Å². The Morgan fingerprint density at radius 3 is 2.85 bits per heavy atom. The van der Waals surface area contributed by atoms with Gasteiger partial charge in [-0.2, -0.15) is 0 Å². The summed E-state index contributed by atoms with van der Waals surface area (Å²) in [5.41, 5.74) is 5.01. The number of nitrogens with zero attached hydrogens (tertiary/aromatic N) is 2. The van der Waals surface area contributed by atoms with Gasteiger partial charge in [0, 0.05) is 31.4 Å². The molecule has 1 aromatic heterocycles. The minimum absolute atomic E-state index is 0.101. The maximum absolute atomic E-state index is 12.1. The van der Waals surface area contributed by atoms with Crippen LogP contribution in [0.1, 0.15) is 40.2 Å². The predicted octanol–water partition coefficient (Wildman–Crippen LogP) is 3.23. The van der Waals surface area contributed by atoms with Crippen LogP contribution in [0.2, 0.25) is 0 Å². The first-order valence-electron chi connectivity index (χ1n) is 9.66. The second-order valence-corrected chi connectivity index (χ2v) is 8.11. The van der Waals surface area contributed by atoms with Crippen LogP contribution in [0, 0.1) is 13.8 Å². The highest BCUT2D eigenvalue weighted by Gasteiger charge is 2.13. The Morgan fingerprint density at radius 2 is 2.07 bits per heavy atom. The third-order valence-electron chi connectivity index (χ3n) is 4.97. The Bertz CT molecular complexity index is 754. The fraction of sp³-hybridized carbons (Fsp3) is 0.524. The zero-order valence-corrected chi connectivity index (χ0v) is 17.1. The molecule has 2 heterocycles. The Labute approximate surface area is 165 Å². The number of benzene rings is 1. The van der Waals surface area contributed by atoms with Gasteiger partial charge < -0.3 is 10.1 Å². The summed E-state index contributed by atoms with van der Waals surface area (Å²) < 4.78 is 5.37. The number of carbonyl (C=O) groups excluding carboxylic acids is 1. The van der Waals surface area contributed by atoms with Gasteiger partial charge in [-0.25, -0.2) is 4.98 Å². The van der Waals surface area contributed by atoms with E-state index in [1.165, 1.54) is 16.7 Å². The molecule has 0 spiro atoms. The lowest BCUT2D eigenvalue weighted by Crippen LogP contribution is -2.35. The van der Waals surface area contributed by atoms with Crippen molar-refractivity contribution in [2.75, 3.05) is 26.3 Å². The SMILES string of the molecule is Cc1ccc(CCCC(=O)NCc2nc(CN3CCOCC3)cs2)cc1C. The van der Waals surface area contributed by atoms with Crippen molar-refractivity contribution in [1.82, 2.24) is 15.2 Å². The van der Waals surface area contributed by atoms with E-state index in [0.29, 0.717) is 13.0 Å². The van der Waals surface area contributed by atoms with Gasteiger partial charge in [0.05, 0.1) is 25.5 Å². The van der Waals surface area contributed by atoms with E-state index in [9.17, 15) is 4.79 Å². The van der Waals surface area contributed by atoms with Crippen molar-refractivity contribution in [3.63, 3.8) is 0 Å². The summed E-state index contributed by atoms with van der Waals surface area (Å²) in [7, 11) is 0. The van der Waals surface area contributed by atoms with Crippen LogP contribution in [0.3, 0.4) is 0 Å². The summed E-state index contributed by atoms with van der Waals surface area (Å²) in [6.07, 6.45) is 2.36. The largest absolute Gasteiger partial charge is 0.379 e. The molecule has 0 aliphatic carbocycles. The summed E-state index contributed by atoms with van der Waals surface area (Å²) in [6.45, 7) is 9.17. The summed E-state index contributed by atoms with van der Waals surface area (Å²) in [5, 5.41) is 6.06. The maximum Gasteiger partial charge on any atom is 0.220 e. The molecule has 1 saturated heterocycles. The molecule has 5 nitrogen and oxygen atoms in total. The zero-order chi connectivity index (χ0) is 19.1. The van der Waals surface area contributed by atoms with E-state index >= 15 is 0 Å². The van der Waals surface area contributed by atoms with Crippen molar-refractivity contribution in [2.45, 2.75) is 46.2 Å². The Balaban J connectivity index is 1.35. The summed E-state index contributed by atoms with van der Waals surface area (Å²) in [5.74, 6) is 0.101. The average Bonchev–Trinajstić information content (AvgIpc) is 3.11. The molecule has 0 saturated carbocycles. The fourth-order valence-corrected chi connectivity index (χ4v) is 3.89. The van der Waals surface area contributed by atoms with Crippen LogP contribution in [0.15, 0.2) is 23.6 Å². The summed E-state index contributed by atoms with van der Waals surface area (Å²) in [6, 6.07) is 6.53. The zero-order valence-electron chi connectivity index (χ0n) is 16.3. The molecule has 1 amide bonds. The molecule has 1 aromatic carbocycles. The number of aryl methyl sites for hydroxylation is 3. The molecular weight excluding hydrogens is 358 g/mol. The van der Waals surface area contributed by atoms with Crippen LogP contribution < -0.4 is 5.32 Å². The fourth-order valence-electron chi connectivity index (χ4n) is 3.17. The van der Waals surface area contributed by atoms with Crippen LogP contribution >= 0.6 is 11.3 Å². The maximum atomic E-state index is 12.1. The quantitative estimate of drug-likeness (QED) is 0.756. The normalized spacial score (nSPS) is 15.0. The number of morpholine rings is 1. The van der Waals surface area contributed by atoms with Crippen LogP contribution in [-0.2, 0) is 29.0 Å². The molecule has 1 aliphatic rings. The first-order chi connectivity index (χ1) is 13.1. The number of nitrogens with one attached hydrogen (secondary N) is 1. The lowest BCUT2D eigenvalue weighted by atomic mass is 10.0. The third kappa shape index (κ3) is 6.41. The van der Waals surface area contributed by atoms with Crippen molar-refractivity contribution in [3.05, 3.63) is 51.0 Å². The monoisotopic (exact) mass is 387 g/mol. The Hall–Kier alpha value is -1.76. The van der Waals surface area contributed by atoms with Crippen LogP contribution in [0.5, 0.6) is 0 Å². The lowest BCUT2D eigenvalue weighted by molar-refractivity contribution is -0.121. The van der Waals surface area contributed by atoms with Gasteiger partial charge >= 0.3 is 0 Å². The second kappa shape index (κ2) is 9.97. The van der Waals surface area contributed by atoms with Gasteiger partial charge in [-0.15, -0.1) is 11.3 Å². The number of carbonyl (C=O) groups is 1. The topological polar surface area (TPSA) is 54.5 Å². The van der Waals surface area contributed by atoms with Crippen molar-refractivity contribution in [1.29, 1.82) is 0 Å². The number of ether oxygens (including phenoxy) is 1. The Kier molecular flexibility index (Phi) is 7.38. The van der Waals surface area contributed by atoms with Crippen molar-refractivity contribution in [2.24, 2.45) is 0 Å². The highest BCUT2D eigenvalue weighted by Crippen LogP contribution is 2.14. The second-order valence-electron chi connectivity index (χ2n) is 7.17. The smallest absolute Gasteiger partial charge is 0.220 e. The number of amides is 1. The molecule has 1 fully saturated rings. The molecule has 2 aromatic rings. The van der Waals surface area contributed by atoms with E-state index in [1.54, 1.807) is 11.3 Å². The van der Waals surface area contributed by atoms with E-state index in [0.717, 1.165) is 56.4 Å². The van der Waals surface area contributed by atoms with Crippen molar-refractivity contribution >= 4 is 17.2 Å². The van der Waals surface area contributed by atoms with E-state index in [-0.39, 0.29) is 5.91 Å². The number of hydrogen-bond donors (Lipinski definition) is 1. The number of hydrogen-bond acceptors (Lipinski definition) is 5. The molecule has 6 heteroatoms. The molecule has 0 atom stereocenters. The number of rotatable bonds is 8. The van der Waals surface area contributed by atoms with Crippen LogP contribution in [0.4, 0.5) is 0 Å². The lowest BCUT2D eigenvalue weighted by Gasteiger charge is -2.25. The summed E-state index contributed by atoms with van der Waals surface area (Å²) >= 11 is 1.62. The van der Waals surface area contributed by atoms with Gasteiger partial charge in [0.1, 0.15) is 5.01 Å². The van der Waals surface area contributed by atoms with E-state index in [1.807, 2.05) is 0 Å². The standard InChI is InChI=1S/C21H29N3O2S/c1-16-6-7-18(12-17(16)2)4-3-5-20(25)22-13-21-23-19(15-27-21)14-24-8-10-26-11-9-24/h6-7,12,15H,3-5,8-11,13-14H2,1-2H3,(H,22,25). The van der Waals surface area contributed by atoms with Crippen molar-refractivity contribution < 1.29 is 9.53 Å². The Morgan fingerprint density at radius 1 is 1.26 bits per heavy atom. The molecule has 27 heavy (non-hydrogen) atoms. The predicted molar refractivity (Wildman–Crippen MR) is 109 cm³/mol. The minimum atomic E-state index is 0.101.